The zero-order valence-corrected chi connectivity index (χ0v) is 13.3. The lowest BCUT2D eigenvalue weighted by Crippen LogP contribution is -2.17. The van der Waals surface area contributed by atoms with E-state index in [9.17, 15) is 0 Å². The summed E-state index contributed by atoms with van der Waals surface area (Å²) in [6.45, 7) is 6.75. The average Bonchev–Trinajstić information content (AvgIpc) is 2.88. The summed E-state index contributed by atoms with van der Waals surface area (Å²) in [5.74, 6) is 2.90. The summed E-state index contributed by atoms with van der Waals surface area (Å²) in [6, 6.07) is 4.67. The smallest absolute Gasteiger partial charge is 0.0431 e. The van der Waals surface area contributed by atoms with Gasteiger partial charge in [-0.3, -0.25) is 0 Å². The Kier molecular flexibility index (Phi) is 3.30. The van der Waals surface area contributed by atoms with E-state index in [-0.39, 0.29) is 0 Å². The molecule has 0 radical (unpaired) electrons. The van der Waals surface area contributed by atoms with Crippen LogP contribution in [-0.2, 0) is 0 Å². The predicted molar refractivity (Wildman–Crippen MR) is 81.3 cm³/mol. The molecule has 98 valence electrons. The standard InChI is InChI=1S/C17H23Br/c1-10-6-11(2)16(12(3)7-10)17(18)15-9-13-4-5-14(15)8-13/h6-7,13-15,17H,4-5,8-9H2,1-3H3. The molecule has 1 aromatic rings. The average molecular weight is 307 g/mol. The van der Waals surface area contributed by atoms with Crippen molar-refractivity contribution in [2.45, 2.75) is 51.3 Å². The van der Waals surface area contributed by atoms with Crippen LogP contribution >= 0.6 is 15.9 Å². The summed E-state index contributed by atoms with van der Waals surface area (Å²) < 4.78 is 0. The van der Waals surface area contributed by atoms with Crippen molar-refractivity contribution in [3.63, 3.8) is 0 Å². The van der Waals surface area contributed by atoms with Gasteiger partial charge in [-0.1, -0.05) is 40.0 Å². The molecule has 4 unspecified atom stereocenters. The molecule has 2 bridgehead atoms. The molecule has 0 spiro atoms. The van der Waals surface area contributed by atoms with E-state index in [4.69, 9.17) is 0 Å². The maximum absolute atomic E-state index is 4.04. The molecule has 4 atom stereocenters. The lowest BCUT2D eigenvalue weighted by Gasteiger charge is -2.29. The maximum atomic E-state index is 4.04. The van der Waals surface area contributed by atoms with Gasteiger partial charge in [0.25, 0.3) is 0 Å². The van der Waals surface area contributed by atoms with Gasteiger partial charge in [-0.2, -0.15) is 0 Å². The Labute approximate surface area is 119 Å². The van der Waals surface area contributed by atoms with Crippen molar-refractivity contribution in [3.05, 3.63) is 34.4 Å². The molecule has 1 heteroatoms. The van der Waals surface area contributed by atoms with E-state index in [0.717, 1.165) is 17.8 Å². The van der Waals surface area contributed by atoms with Crippen LogP contribution in [0.15, 0.2) is 12.1 Å². The fourth-order valence-corrected chi connectivity index (χ4v) is 5.86. The normalized spacial score (nSPS) is 31.9. The summed E-state index contributed by atoms with van der Waals surface area (Å²) in [7, 11) is 0. The van der Waals surface area contributed by atoms with Crippen LogP contribution in [-0.4, -0.2) is 0 Å². The Bertz CT molecular complexity index is 440. The number of benzene rings is 1. The number of fused-ring (bicyclic) bond motifs is 2. The molecule has 2 aliphatic rings. The van der Waals surface area contributed by atoms with E-state index in [1.54, 1.807) is 5.56 Å². The molecule has 0 aromatic heterocycles. The predicted octanol–water partition coefficient (Wildman–Crippen LogP) is 5.48. The molecule has 0 saturated heterocycles. The third-order valence-corrected chi connectivity index (χ3v) is 6.32. The molecule has 0 aliphatic heterocycles. The Morgan fingerprint density at radius 2 is 1.72 bits per heavy atom. The topological polar surface area (TPSA) is 0 Å². The van der Waals surface area contributed by atoms with Gasteiger partial charge in [-0.05, 0) is 74.5 Å². The second-order valence-electron chi connectivity index (χ2n) is 6.55. The van der Waals surface area contributed by atoms with E-state index < -0.39 is 0 Å². The van der Waals surface area contributed by atoms with Gasteiger partial charge < -0.3 is 0 Å². The molecule has 0 nitrogen and oxygen atoms in total. The van der Waals surface area contributed by atoms with Crippen LogP contribution in [0.3, 0.4) is 0 Å². The summed E-state index contributed by atoms with van der Waals surface area (Å²) in [5, 5.41) is 0. The van der Waals surface area contributed by atoms with Gasteiger partial charge in [0.15, 0.2) is 0 Å². The highest BCUT2D eigenvalue weighted by Crippen LogP contribution is 2.55. The first-order chi connectivity index (χ1) is 8.56. The Hall–Kier alpha value is -0.300. The van der Waals surface area contributed by atoms with Crippen LogP contribution in [0.1, 0.15) is 52.8 Å². The van der Waals surface area contributed by atoms with Gasteiger partial charge in [-0.25, -0.2) is 0 Å². The second kappa shape index (κ2) is 4.67. The molecule has 0 heterocycles. The summed E-state index contributed by atoms with van der Waals surface area (Å²) in [4.78, 5) is 0.577. The number of rotatable bonds is 2. The Balaban J connectivity index is 1.91. The third-order valence-electron chi connectivity index (χ3n) is 5.18. The highest BCUT2D eigenvalue weighted by atomic mass is 79.9. The van der Waals surface area contributed by atoms with E-state index in [1.165, 1.54) is 42.4 Å². The number of hydrogen-bond acceptors (Lipinski definition) is 0. The van der Waals surface area contributed by atoms with Gasteiger partial charge in [0.1, 0.15) is 0 Å². The van der Waals surface area contributed by atoms with Crippen molar-refractivity contribution >= 4 is 15.9 Å². The molecule has 2 fully saturated rings. The molecule has 2 saturated carbocycles. The van der Waals surface area contributed by atoms with Gasteiger partial charge in [0.2, 0.25) is 0 Å². The van der Waals surface area contributed by atoms with Crippen molar-refractivity contribution in [1.29, 1.82) is 0 Å². The zero-order valence-electron chi connectivity index (χ0n) is 11.7. The first-order valence-corrected chi connectivity index (χ1v) is 8.19. The lowest BCUT2D eigenvalue weighted by molar-refractivity contribution is 0.329. The molecular weight excluding hydrogens is 284 g/mol. The molecule has 0 N–H and O–H groups in total. The van der Waals surface area contributed by atoms with Crippen molar-refractivity contribution in [1.82, 2.24) is 0 Å². The van der Waals surface area contributed by atoms with Crippen LogP contribution in [0.25, 0.3) is 0 Å². The summed E-state index contributed by atoms with van der Waals surface area (Å²) >= 11 is 4.04. The van der Waals surface area contributed by atoms with Crippen LogP contribution in [0.2, 0.25) is 0 Å². The largest absolute Gasteiger partial charge is 0.0835 e. The van der Waals surface area contributed by atoms with Gasteiger partial charge in [0.05, 0.1) is 0 Å². The van der Waals surface area contributed by atoms with Crippen LogP contribution in [0.4, 0.5) is 0 Å². The third kappa shape index (κ3) is 2.05. The van der Waals surface area contributed by atoms with Crippen LogP contribution in [0.5, 0.6) is 0 Å². The number of hydrogen-bond donors (Lipinski definition) is 0. The SMILES string of the molecule is Cc1cc(C)c(C(Br)C2CC3CCC2C3)c(C)c1. The summed E-state index contributed by atoms with van der Waals surface area (Å²) in [6.07, 6.45) is 5.91. The highest BCUT2D eigenvalue weighted by molar-refractivity contribution is 9.09. The van der Waals surface area contributed by atoms with E-state index in [2.05, 4.69) is 48.8 Å². The first-order valence-electron chi connectivity index (χ1n) is 7.28. The van der Waals surface area contributed by atoms with E-state index in [0.29, 0.717) is 4.83 Å². The van der Waals surface area contributed by atoms with Crippen molar-refractivity contribution in [2.24, 2.45) is 17.8 Å². The Morgan fingerprint density at radius 1 is 1.06 bits per heavy atom. The summed E-state index contributed by atoms with van der Waals surface area (Å²) in [5.41, 5.74) is 5.90. The van der Waals surface area contributed by atoms with E-state index >= 15 is 0 Å². The molecule has 18 heavy (non-hydrogen) atoms. The number of halogens is 1. The van der Waals surface area contributed by atoms with Crippen LogP contribution < -0.4 is 0 Å². The molecule has 2 aliphatic carbocycles. The lowest BCUT2D eigenvalue weighted by atomic mass is 9.82. The number of alkyl halides is 1. The minimum absolute atomic E-state index is 0.577. The highest BCUT2D eigenvalue weighted by Gasteiger charge is 2.43. The monoisotopic (exact) mass is 306 g/mol. The van der Waals surface area contributed by atoms with Gasteiger partial charge in [-0.15, -0.1) is 0 Å². The fourth-order valence-electron chi connectivity index (χ4n) is 4.49. The molecule has 0 amide bonds. The minimum Gasteiger partial charge on any atom is -0.0835 e. The fraction of sp³-hybridized carbons (Fsp3) is 0.647. The number of aryl methyl sites for hydroxylation is 3. The van der Waals surface area contributed by atoms with Gasteiger partial charge >= 0.3 is 0 Å². The molecule has 1 aromatic carbocycles. The first kappa shape index (κ1) is 12.7. The molecular formula is C17H23Br. The van der Waals surface area contributed by atoms with Gasteiger partial charge in [0, 0.05) is 4.83 Å². The minimum atomic E-state index is 0.577. The maximum Gasteiger partial charge on any atom is 0.0431 e. The Morgan fingerprint density at radius 3 is 2.22 bits per heavy atom. The zero-order chi connectivity index (χ0) is 12.9. The van der Waals surface area contributed by atoms with Crippen molar-refractivity contribution < 1.29 is 0 Å². The quantitative estimate of drug-likeness (QED) is 0.634. The van der Waals surface area contributed by atoms with Crippen LogP contribution in [0, 0.1) is 38.5 Å². The van der Waals surface area contributed by atoms with E-state index in [1.807, 2.05) is 0 Å². The van der Waals surface area contributed by atoms with Crippen molar-refractivity contribution in [3.8, 4) is 0 Å². The molecule has 3 rings (SSSR count). The second-order valence-corrected chi connectivity index (χ2v) is 7.54. The van der Waals surface area contributed by atoms with Crippen molar-refractivity contribution in [2.75, 3.05) is 0 Å².